The van der Waals surface area contributed by atoms with E-state index >= 15 is 0 Å². The molecule has 0 spiro atoms. The molecule has 1 aromatic carbocycles. The Labute approximate surface area is 166 Å². The third-order valence-electron chi connectivity index (χ3n) is 4.33. The maximum Gasteiger partial charge on any atom is 0.435 e. The molecule has 3 heterocycles. The quantitative estimate of drug-likeness (QED) is 0.562. The molecule has 5 nitrogen and oxygen atoms in total. The summed E-state index contributed by atoms with van der Waals surface area (Å²) in [4.78, 5) is 9.70. The highest BCUT2D eigenvalue weighted by Crippen LogP contribution is 2.38. The molecular formula is C19H14BrF3N4O. The molecule has 4 rings (SSSR count). The van der Waals surface area contributed by atoms with Crippen LogP contribution >= 0.6 is 15.9 Å². The van der Waals surface area contributed by atoms with Crippen molar-refractivity contribution in [3.63, 3.8) is 0 Å². The van der Waals surface area contributed by atoms with Crippen LogP contribution in [0.5, 0.6) is 5.75 Å². The highest BCUT2D eigenvalue weighted by atomic mass is 79.9. The molecule has 144 valence electrons. The molecule has 0 saturated heterocycles. The van der Waals surface area contributed by atoms with Crippen molar-refractivity contribution in [2.24, 2.45) is 4.99 Å². The minimum atomic E-state index is -4.62. The first-order chi connectivity index (χ1) is 13.4. The van der Waals surface area contributed by atoms with Crippen LogP contribution in [-0.4, -0.2) is 29.3 Å². The highest BCUT2D eigenvalue weighted by molar-refractivity contribution is 9.10. The van der Waals surface area contributed by atoms with Gasteiger partial charge in [-0.15, -0.1) is 0 Å². The van der Waals surface area contributed by atoms with Crippen molar-refractivity contribution in [3.8, 4) is 5.75 Å². The number of nitrogens with zero attached hydrogens (tertiary/aromatic N) is 4. The fraction of sp³-hybridized carbons (Fsp3) is 0.158. The Morgan fingerprint density at radius 3 is 2.54 bits per heavy atom. The van der Waals surface area contributed by atoms with Gasteiger partial charge in [0.15, 0.2) is 5.69 Å². The molecule has 1 aliphatic heterocycles. The van der Waals surface area contributed by atoms with Gasteiger partial charge in [0.05, 0.1) is 31.7 Å². The van der Waals surface area contributed by atoms with Crippen molar-refractivity contribution in [3.05, 3.63) is 64.7 Å². The Morgan fingerprint density at radius 1 is 1.11 bits per heavy atom. The summed E-state index contributed by atoms with van der Waals surface area (Å²) < 4.78 is 48.9. The number of hydrogen-bond acceptors (Lipinski definition) is 4. The molecule has 9 heteroatoms. The molecule has 0 amide bonds. The van der Waals surface area contributed by atoms with E-state index in [0.717, 1.165) is 10.2 Å². The summed E-state index contributed by atoms with van der Waals surface area (Å²) in [7, 11) is 1.46. The molecular weight excluding hydrogens is 437 g/mol. The minimum absolute atomic E-state index is 0.0823. The Balaban J connectivity index is 1.95. The lowest BCUT2D eigenvalue weighted by atomic mass is 10.1. The van der Waals surface area contributed by atoms with E-state index in [2.05, 4.69) is 25.9 Å². The normalized spacial score (nSPS) is 14.5. The summed E-state index contributed by atoms with van der Waals surface area (Å²) in [5.74, 6) is 0.426. The topological polar surface area (TPSA) is 42.1 Å². The Bertz CT molecular complexity index is 1090. The zero-order chi connectivity index (χ0) is 19.9. The summed E-state index contributed by atoms with van der Waals surface area (Å²) in [6.45, 7) is 0.335. The Kier molecular flexibility index (Phi) is 4.62. The van der Waals surface area contributed by atoms with Crippen LogP contribution in [0.4, 0.5) is 18.9 Å². The molecule has 2 aromatic heterocycles. The number of fused-ring (bicyclic) bond motifs is 1. The number of anilines is 1. The van der Waals surface area contributed by atoms with Crippen LogP contribution in [-0.2, 0) is 6.18 Å². The van der Waals surface area contributed by atoms with Crippen molar-refractivity contribution in [1.29, 1.82) is 0 Å². The third-order valence-corrected chi connectivity index (χ3v) is 4.86. The van der Waals surface area contributed by atoms with Crippen LogP contribution in [0.1, 0.15) is 11.4 Å². The molecule has 3 aromatic rings. The van der Waals surface area contributed by atoms with Gasteiger partial charge in [-0.05, 0) is 36.4 Å². The molecule has 0 N–H and O–H groups in total. The van der Waals surface area contributed by atoms with Crippen LogP contribution < -0.4 is 9.64 Å². The van der Waals surface area contributed by atoms with Gasteiger partial charge in [0.2, 0.25) is 0 Å². The summed E-state index contributed by atoms with van der Waals surface area (Å²) in [5.41, 5.74) is 0.172. The van der Waals surface area contributed by atoms with Gasteiger partial charge < -0.3 is 9.64 Å². The van der Waals surface area contributed by atoms with E-state index in [0.29, 0.717) is 18.0 Å². The number of aliphatic imine (C=N–C) groups is 1. The van der Waals surface area contributed by atoms with Gasteiger partial charge in [-0.1, -0.05) is 15.9 Å². The van der Waals surface area contributed by atoms with E-state index < -0.39 is 11.9 Å². The van der Waals surface area contributed by atoms with Crippen LogP contribution in [0, 0.1) is 0 Å². The van der Waals surface area contributed by atoms with Gasteiger partial charge in [0.25, 0.3) is 0 Å². The number of methoxy groups -OCH3 is 1. The Morgan fingerprint density at radius 2 is 1.86 bits per heavy atom. The molecule has 0 unspecified atom stereocenters. The van der Waals surface area contributed by atoms with Gasteiger partial charge in [-0.3, -0.25) is 9.39 Å². The number of rotatable bonds is 3. The van der Waals surface area contributed by atoms with E-state index in [1.807, 2.05) is 24.3 Å². The number of hydrogen-bond donors (Lipinski definition) is 0. The molecule has 0 bridgehead atoms. The number of ether oxygens (including phenoxy) is 1. The van der Waals surface area contributed by atoms with Gasteiger partial charge in [0.1, 0.15) is 17.1 Å². The zero-order valence-electron chi connectivity index (χ0n) is 14.6. The molecule has 0 aliphatic carbocycles. The number of pyridine rings is 1. The van der Waals surface area contributed by atoms with E-state index in [1.54, 1.807) is 17.2 Å². The van der Waals surface area contributed by atoms with Gasteiger partial charge in [-0.2, -0.15) is 13.2 Å². The van der Waals surface area contributed by atoms with Crippen molar-refractivity contribution >= 4 is 39.2 Å². The van der Waals surface area contributed by atoms with Crippen LogP contribution in [0.25, 0.3) is 11.3 Å². The second-order valence-electron chi connectivity index (χ2n) is 6.04. The Hall–Kier alpha value is -2.81. The summed E-state index contributed by atoms with van der Waals surface area (Å²) >= 11 is 3.37. The average molecular weight is 451 g/mol. The predicted octanol–water partition coefficient (Wildman–Crippen LogP) is 5.01. The van der Waals surface area contributed by atoms with E-state index in [1.165, 1.54) is 30.0 Å². The largest absolute Gasteiger partial charge is 0.495 e. The smallest absolute Gasteiger partial charge is 0.435 e. The van der Waals surface area contributed by atoms with Crippen LogP contribution in [0.15, 0.2) is 58.3 Å². The summed E-state index contributed by atoms with van der Waals surface area (Å²) in [6.07, 6.45) is -0.0693. The fourth-order valence-electron chi connectivity index (χ4n) is 3.06. The minimum Gasteiger partial charge on any atom is -0.495 e. The van der Waals surface area contributed by atoms with Crippen LogP contribution in [0.2, 0.25) is 0 Å². The number of aromatic nitrogens is 2. The first-order valence-electron chi connectivity index (χ1n) is 8.27. The lowest BCUT2D eigenvalue weighted by molar-refractivity contribution is -0.141. The second kappa shape index (κ2) is 6.97. The van der Waals surface area contributed by atoms with Gasteiger partial charge in [-0.25, -0.2) is 4.98 Å². The third kappa shape index (κ3) is 3.26. The monoisotopic (exact) mass is 450 g/mol. The van der Waals surface area contributed by atoms with Crippen LogP contribution in [0.3, 0.4) is 0 Å². The maximum absolute atomic E-state index is 13.8. The maximum atomic E-state index is 13.8. The second-order valence-corrected chi connectivity index (χ2v) is 6.95. The van der Waals surface area contributed by atoms with Crippen molar-refractivity contribution < 1.29 is 17.9 Å². The van der Waals surface area contributed by atoms with E-state index in [4.69, 9.17) is 4.74 Å². The predicted molar refractivity (Wildman–Crippen MR) is 105 cm³/mol. The van der Waals surface area contributed by atoms with E-state index in [-0.39, 0.29) is 11.3 Å². The summed E-state index contributed by atoms with van der Waals surface area (Å²) in [5, 5.41) is 0. The molecule has 0 fully saturated rings. The number of benzene rings is 1. The molecule has 0 radical (unpaired) electrons. The molecule has 1 aliphatic rings. The molecule has 28 heavy (non-hydrogen) atoms. The standard InChI is InChI=1S/C19H14BrF3N4O/c1-28-14-6-7-16-25-18(19(21,22)23)17(27(16)11-14)15-10-24-8-9-26(15)13-4-2-12(20)3-5-13/h2-8,10-11H,9H2,1H3. The first kappa shape index (κ1) is 18.5. The van der Waals surface area contributed by atoms with Crippen molar-refractivity contribution in [2.45, 2.75) is 6.18 Å². The van der Waals surface area contributed by atoms with Crippen molar-refractivity contribution in [1.82, 2.24) is 9.38 Å². The summed E-state index contributed by atoms with van der Waals surface area (Å²) in [6, 6.07) is 10.4. The number of imidazole rings is 1. The number of alkyl halides is 3. The fourth-order valence-corrected chi connectivity index (χ4v) is 3.33. The van der Waals surface area contributed by atoms with Crippen molar-refractivity contribution in [2.75, 3.05) is 18.6 Å². The SMILES string of the molecule is COc1ccc2nc(C(F)(F)F)c(C3=CN=CCN3c3ccc(Br)cc3)n2c1. The lowest BCUT2D eigenvalue weighted by Gasteiger charge is -2.28. The first-order valence-corrected chi connectivity index (χ1v) is 9.06. The zero-order valence-corrected chi connectivity index (χ0v) is 16.2. The molecule has 0 saturated carbocycles. The highest BCUT2D eigenvalue weighted by Gasteiger charge is 2.40. The molecule has 0 atom stereocenters. The lowest BCUT2D eigenvalue weighted by Crippen LogP contribution is -2.28. The van der Waals surface area contributed by atoms with Gasteiger partial charge in [0, 0.05) is 16.4 Å². The number of halogens is 4. The van der Waals surface area contributed by atoms with E-state index in [9.17, 15) is 13.2 Å². The average Bonchev–Trinajstić information content (AvgIpc) is 3.07. The van der Waals surface area contributed by atoms with Gasteiger partial charge >= 0.3 is 6.18 Å².